The van der Waals surface area contributed by atoms with Crippen LogP contribution in [0.15, 0.2) is 29.5 Å². The molecule has 1 aromatic rings. The predicted molar refractivity (Wildman–Crippen MR) is 69.8 cm³/mol. The van der Waals surface area contributed by atoms with Gasteiger partial charge in [-0.15, -0.1) is 0 Å². The van der Waals surface area contributed by atoms with Crippen LogP contribution in [0.25, 0.3) is 0 Å². The molecule has 0 radical (unpaired) electrons. The Morgan fingerprint density at radius 3 is 3.12 bits per heavy atom. The first-order valence-corrected chi connectivity index (χ1v) is 6.55. The van der Waals surface area contributed by atoms with Gasteiger partial charge in [0.1, 0.15) is 0 Å². The Morgan fingerprint density at radius 2 is 2.50 bits per heavy atom. The zero-order chi connectivity index (χ0) is 11.4. The van der Waals surface area contributed by atoms with Crippen molar-refractivity contribution in [3.63, 3.8) is 0 Å². The maximum Gasteiger partial charge on any atom is 0.157 e. The number of aliphatic imine (C=N–C) groups is 1. The van der Waals surface area contributed by atoms with Crippen LogP contribution < -0.4 is 5.32 Å². The Balaban J connectivity index is 1.91. The summed E-state index contributed by atoms with van der Waals surface area (Å²) in [5.41, 5.74) is 1.20. The Kier molecular flexibility index (Phi) is 3.83. The highest BCUT2D eigenvalue weighted by molar-refractivity contribution is 8.14. The Morgan fingerprint density at radius 1 is 1.62 bits per heavy atom. The summed E-state index contributed by atoms with van der Waals surface area (Å²) >= 11 is 1.85. The number of amidine groups is 1. The van der Waals surface area contributed by atoms with E-state index in [1.807, 2.05) is 24.0 Å². The minimum Gasteiger partial charge on any atom is -0.358 e. The van der Waals surface area contributed by atoms with Crippen molar-refractivity contribution in [3.05, 3.63) is 30.1 Å². The van der Waals surface area contributed by atoms with Gasteiger partial charge in [-0.05, 0) is 25.0 Å². The summed E-state index contributed by atoms with van der Waals surface area (Å²) in [6, 6.07) is 4.32. The number of hydrogen-bond acceptors (Lipinski definition) is 4. The van der Waals surface area contributed by atoms with Crippen molar-refractivity contribution >= 4 is 16.9 Å². The number of pyridine rings is 1. The second-order valence-corrected chi connectivity index (χ2v) is 5.24. The van der Waals surface area contributed by atoms with E-state index in [1.54, 1.807) is 6.20 Å². The minimum absolute atomic E-state index is 0.274. The van der Waals surface area contributed by atoms with Gasteiger partial charge >= 0.3 is 0 Å². The van der Waals surface area contributed by atoms with Crippen molar-refractivity contribution < 1.29 is 0 Å². The van der Waals surface area contributed by atoms with Crippen LogP contribution in [-0.2, 0) is 0 Å². The Hall–Kier alpha value is -1.03. The first-order valence-electron chi connectivity index (χ1n) is 5.67. The van der Waals surface area contributed by atoms with Crippen molar-refractivity contribution in [2.24, 2.45) is 4.99 Å². The summed E-state index contributed by atoms with van der Waals surface area (Å²) in [5.74, 6) is 0. The lowest BCUT2D eigenvalue weighted by molar-refractivity contribution is 0.718. The SMILES string of the molecule is CCC1CN=C(NC(C)c2cccnc2)S1. The van der Waals surface area contributed by atoms with Crippen LogP contribution >= 0.6 is 11.8 Å². The Labute approximate surface area is 101 Å². The highest BCUT2D eigenvalue weighted by Gasteiger charge is 2.19. The largest absolute Gasteiger partial charge is 0.358 e. The van der Waals surface area contributed by atoms with E-state index in [0.717, 1.165) is 11.7 Å². The van der Waals surface area contributed by atoms with Gasteiger partial charge in [0.05, 0.1) is 12.6 Å². The van der Waals surface area contributed by atoms with Gasteiger partial charge in [0.25, 0.3) is 0 Å². The van der Waals surface area contributed by atoms with E-state index in [4.69, 9.17) is 0 Å². The van der Waals surface area contributed by atoms with E-state index < -0.39 is 0 Å². The average molecular weight is 235 g/mol. The third-order valence-electron chi connectivity index (χ3n) is 2.70. The zero-order valence-electron chi connectivity index (χ0n) is 9.68. The molecule has 3 nitrogen and oxygen atoms in total. The van der Waals surface area contributed by atoms with Gasteiger partial charge in [0, 0.05) is 17.6 Å². The fourth-order valence-electron chi connectivity index (χ4n) is 1.61. The predicted octanol–water partition coefficient (Wildman–Crippen LogP) is 2.61. The molecule has 86 valence electrons. The van der Waals surface area contributed by atoms with Crippen LogP contribution in [0.4, 0.5) is 0 Å². The van der Waals surface area contributed by atoms with Crippen LogP contribution in [-0.4, -0.2) is 21.9 Å². The first kappa shape index (κ1) is 11.5. The van der Waals surface area contributed by atoms with Crippen molar-refractivity contribution in [3.8, 4) is 0 Å². The van der Waals surface area contributed by atoms with E-state index in [0.29, 0.717) is 5.25 Å². The summed E-state index contributed by atoms with van der Waals surface area (Å²) in [5, 5.41) is 5.16. The summed E-state index contributed by atoms with van der Waals surface area (Å²) < 4.78 is 0. The molecule has 1 aromatic heterocycles. The molecule has 0 saturated heterocycles. The number of nitrogens with one attached hydrogen (secondary N) is 1. The lowest BCUT2D eigenvalue weighted by Gasteiger charge is -2.14. The zero-order valence-corrected chi connectivity index (χ0v) is 10.5. The molecule has 2 atom stereocenters. The maximum absolute atomic E-state index is 4.50. The van der Waals surface area contributed by atoms with Gasteiger partial charge < -0.3 is 5.32 Å². The second-order valence-electron chi connectivity index (χ2n) is 3.95. The van der Waals surface area contributed by atoms with Crippen molar-refractivity contribution in [2.75, 3.05) is 6.54 Å². The van der Waals surface area contributed by atoms with E-state index in [9.17, 15) is 0 Å². The molecule has 16 heavy (non-hydrogen) atoms. The average Bonchev–Trinajstić information content (AvgIpc) is 2.78. The van der Waals surface area contributed by atoms with Crippen molar-refractivity contribution in [2.45, 2.75) is 31.6 Å². The molecule has 2 unspecified atom stereocenters. The molecule has 0 fully saturated rings. The van der Waals surface area contributed by atoms with Crippen LogP contribution in [0.5, 0.6) is 0 Å². The normalized spacial score (nSPS) is 21.6. The number of nitrogens with zero attached hydrogens (tertiary/aromatic N) is 2. The molecule has 2 rings (SSSR count). The lowest BCUT2D eigenvalue weighted by atomic mass is 10.1. The van der Waals surface area contributed by atoms with Crippen LogP contribution in [0.3, 0.4) is 0 Å². The minimum atomic E-state index is 0.274. The van der Waals surface area contributed by atoms with Gasteiger partial charge in [-0.3, -0.25) is 9.98 Å². The highest BCUT2D eigenvalue weighted by atomic mass is 32.2. The number of thioether (sulfide) groups is 1. The summed E-state index contributed by atoms with van der Waals surface area (Å²) in [6.07, 6.45) is 4.88. The van der Waals surface area contributed by atoms with Gasteiger partial charge in [-0.25, -0.2) is 0 Å². The van der Waals surface area contributed by atoms with Gasteiger partial charge in [-0.2, -0.15) is 0 Å². The third kappa shape index (κ3) is 2.76. The lowest BCUT2D eigenvalue weighted by Crippen LogP contribution is -2.23. The number of hydrogen-bond donors (Lipinski definition) is 1. The Bertz CT molecular complexity index is 364. The van der Waals surface area contributed by atoms with E-state index in [1.165, 1.54) is 12.0 Å². The summed E-state index contributed by atoms with van der Waals surface area (Å²) in [7, 11) is 0. The number of rotatable bonds is 3. The van der Waals surface area contributed by atoms with Crippen LogP contribution in [0.2, 0.25) is 0 Å². The van der Waals surface area contributed by atoms with Gasteiger partial charge in [-0.1, -0.05) is 24.8 Å². The van der Waals surface area contributed by atoms with Crippen LogP contribution in [0.1, 0.15) is 31.9 Å². The molecule has 0 aliphatic carbocycles. The third-order valence-corrected chi connectivity index (χ3v) is 3.98. The molecular formula is C12H17N3S. The smallest absolute Gasteiger partial charge is 0.157 e. The summed E-state index contributed by atoms with van der Waals surface area (Å²) in [4.78, 5) is 8.63. The molecule has 0 spiro atoms. The van der Waals surface area contributed by atoms with Crippen molar-refractivity contribution in [1.82, 2.24) is 10.3 Å². The molecule has 2 heterocycles. The van der Waals surface area contributed by atoms with E-state index in [2.05, 4.69) is 35.2 Å². The molecule has 0 aromatic carbocycles. The number of aromatic nitrogens is 1. The standard InChI is InChI=1S/C12H17N3S/c1-3-11-8-14-12(16-11)15-9(2)10-5-4-6-13-7-10/h4-7,9,11H,3,8H2,1-2H3,(H,14,15). The molecule has 1 N–H and O–H groups in total. The van der Waals surface area contributed by atoms with Crippen molar-refractivity contribution in [1.29, 1.82) is 0 Å². The topological polar surface area (TPSA) is 37.3 Å². The molecule has 1 aliphatic heterocycles. The van der Waals surface area contributed by atoms with E-state index >= 15 is 0 Å². The maximum atomic E-state index is 4.50. The first-order chi connectivity index (χ1) is 7.79. The highest BCUT2D eigenvalue weighted by Crippen LogP contribution is 2.24. The molecule has 4 heteroatoms. The molecule has 0 bridgehead atoms. The molecule has 1 aliphatic rings. The second kappa shape index (κ2) is 5.34. The fraction of sp³-hybridized carbons (Fsp3) is 0.500. The van der Waals surface area contributed by atoms with Gasteiger partial charge in [0.15, 0.2) is 5.17 Å². The fourth-order valence-corrected chi connectivity index (χ4v) is 2.64. The molecular weight excluding hydrogens is 218 g/mol. The quantitative estimate of drug-likeness (QED) is 0.875. The van der Waals surface area contributed by atoms with Crippen LogP contribution in [0, 0.1) is 0 Å². The monoisotopic (exact) mass is 235 g/mol. The summed E-state index contributed by atoms with van der Waals surface area (Å²) in [6.45, 7) is 5.29. The van der Waals surface area contributed by atoms with E-state index in [-0.39, 0.29) is 6.04 Å². The molecule has 0 saturated carbocycles. The molecule has 0 amide bonds. The van der Waals surface area contributed by atoms with Gasteiger partial charge in [0.2, 0.25) is 0 Å².